The minimum atomic E-state index is -0.246. The van der Waals surface area contributed by atoms with E-state index >= 15 is 0 Å². The first-order chi connectivity index (χ1) is 10.1. The molecule has 0 amide bonds. The van der Waals surface area contributed by atoms with Crippen LogP contribution in [-0.4, -0.2) is 18.1 Å². The molecule has 0 unspecified atom stereocenters. The van der Waals surface area contributed by atoms with Gasteiger partial charge in [-0.15, -0.1) is 0 Å². The Labute approximate surface area is 133 Å². The van der Waals surface area contributed by atoms with Gasteiger partial charge >= 0.3 is 0 Å². The Hall–Kier alpha value is -1.62. The molecule has 1 aromatic heterocycles. The average Bonchev–Trinajstić information content (AvgIpc) is 2.51. The summed E-state index contributed by atoms with van der Waals surface area (Å²) >= 11 is 3.19. The second kappa shape index (κ2) is 7.41. The van der Waals surface area contributed by atoms with Crippen molar-refractivity contribution in [1.82, 2.24) is 4.98 Å². The number of hydrogen-bond donors (Lipinski definition) is 1. The van der Waals surface area contributed by atoms with E-state index < -0.39 is 0 Å². The molecule has 0 aliphatic heterocycles. The van der Waals surface area contributed by atoms with Crippen molar-refractivity contribution in [3.05, 3.63) is 52.4 Å². The van der Waals surface area contributed by atoms with Crippen LogP contribution in [0.15, 0.2) is 41.0 Å². The van der Waals surface area contributed by atoms with E-state index in [1.807, 2.05) is 18.3 Å². The monoisotopic (exact) mass is 351 g/mol. The zero-order chi connectivity index (χ0) is 15.2. The van der Waals surface area contributed by atoms with Crippen LogP contribution in [0, 0.1) is 5.82 Å². The summed E-state index contributed by atoms with van der Waals surface area (Å²) in [6, 6.07) is 9.03. The Morgan fingerprint density at radius 1 is 1.19 bits per heavy atom. The maximum atomic E-state index is 13.2. The van der Waals surface area contributed by atoms with Crippen molar-refractivity contribution in [2.45, 2.75) is 20.4 Å². The molecular formula is C16H19BrFN3. The molecule has 0 atom stereocenters. The molecule has 2 aromatic rings. The molecule has 0 aliphatic rings. The summed E-state index contributed by atoms with van der Waals surface area (Å²) < 4.78 is 13.7. The fourth-order valence-electron chi connectivity index (χ4n) is 2.08. The quantitative estimate of drug-likeness (QED) is 0.833. The lowest BCUT2D eigenvalue weighted by Gasteiger charge is -2.19. The SMILES string of the molecule is CCN(CC)c1ccc(NCc2ccc(F)c(Br)c2)cn1. The lowest BCUT2D eigenvalue weighted by atomic mass is 10.2. The molecule has 1 heterocycles. The van der Waals surface area contributed by atoms with E-state index in [1.165, 1.54) is 6.07 Å². The number of pyridine rings is 1. The van der Waals surface area contributed by atoms with E-state index in [0.29, 0.717) is 11.0 Å². The Balaban J connectivity index is 1.98. The molecule has 0 fully saturated rings. The van der Waals surface area contributed by atoms with Crippen molar-refractivity contribution in [3.8, 4) is 0 Å². The topological polar surface area (TPSA) is 28.2 Å². The highest BCUT2D eigenvalue weighted by Crippen LogP contribution is 2.18. The average molecular weight is 352 g/mol. The zero-order valence-corrected chi connectivity index (χ0v) is 13.8. The fourth-order valence-corrected chi connectivity index (χ4v) is 2.51. The van der Waals surface area contributed by atoms with Gasteiger partial charge in [0.15, 0.2) is 0 Å². The number of benzene rings is 1. The van der Waals surface area contributed by atoms with Crippen LogP contribution in [0.3, 0.4) is 0 Å². The van der Waals surface area contributed by atoms with E-state index in [2.05, 4.69) is 45.0 Å². The van der Waals surface area contributed by atoms with E-state index in [0.717, 1.165) is 30.2 Å². The molecule has 3 nitrogen and oxygen atoms in total. The molecule has 0 aliphatic carbocycles. The maximum Gasteiger partial charge on any atom is 0.137 e. The number of aromatic nitrogens is 1. The van der Waals surface area contributed by atoms with Crippen molar-refractivity contribution in [2.24, 2.45) is 0 Å². The number of anilines is 2. The van der Waals surface area contributed by atoms with Gasteiger partial charge in [-0.3, -0.25) is 0 Å². The molecule has 0 saturated heterocycles. The van der Waals surface area contributed by atoms with Gasteiger partial charge in [0.2, 0.25) is 0 Å². The van der Waals surface area contributed by atoms with Crippen molar-refractivity contribution >= 4 is 27.4 Å². The summed E-state index contributed by atoms with van der Waals surface area (Å²) in [5.41, 5.74) is 1.96. The van der Waals surface area contributed by atoms with Gasteiger partial charge in [0.25, 0.3) is 0 Å². The van der Waals surface area contributed by atoms with E-state index in [4.69, 9.17) is 0 Å². The first kappa shape index (κ1) is 15.8. The van der Waals surface area contributed by atoms with Crippen LogP contribution in [-0.2, 0) is 6.54 Å². The Bertz CT molecular complexity index is 583. The highest BCUT2D eigenvalue weighted by atomic mass is 79.9. The highest BCUT2D eigenvalue weighted by Gasteiger charge is 2.04. The number of rotatable bonds is 6. The Kier molecular flexibility index (Phi) is 5.56. The number of nitrogens with one attached hydrogen (secondary N) is 1. The normalized spacial score (nSPS) is 10.5. The third-order valence-electron chi connectivity index (χ3n) is 3.32. The summed E-state index contributed by atoms with van der Waals surface area (Å²) in [7, 11) is 0. The summed E-state index contributed by atoms with van der Waals surface area (Å²) in [5.74, 6) is 0.735. The van der Waals surface area contributed by atoms with E-state index in [1.54, 1.807) is 12.1 Å². The third kappa shape index (κ3) is 4.17. The number of hydrogen-bond acceptors (Lipinski definition) is 3. The first-order valence-electron chi connectivity index (χ1n) is 7.02. The van der Waals surface area contributed by atoms with Gasteiger partial charge in [-0.25, -0.2) is 9.37 Å². The van der Waals surface area contributed by atoms with Crippen molar-refractivity contribution in [1.29, 1.82) is 0 Å². The summed E-state index contributed by atoms with van der Waals surface area (Å²) in [6.45, 7) is 6.75. The second-order valence-electron chi connectivity index (χ2n) is 4.68. The van der Waals surface area contributed by atoms with Crippen LogP contribution in [0.25, 0.3) is 0 Å². The largest absolute Gasteiger partial charge is 0.380 e. The van der Waals surface area contributed by atoms with Crippen LogP contribution in [0.1, 0.15) is 19.4 Å². The van der Waals surface area contributed by atoms with Gasteiger partial charge < -0.3 is 10.2 Å². The van der Waals surface area contributed by atoms with Gasteiger partial charge in [0, 0.05) is 19.6 Å². The number of nitrogens with zero attached hydrogens (tertiary/aromatic N) is 2. The maximum absolute atomic E-state index is 13.2. The summed E-state index contributed by atoms with van der Waals surface area (Å²) in [4.78, 5) is 6.65. The van der Waals surface area contributed by atoms with E-state index in [-0.39, 0.29) is 5.82 Å². The lowest BCUT2D eigenvalue weighted by molar-refractivity contribution is 0.620. The molecule has 2 rings (SSSR count). The van der Waals surface area contributed by atoms with E-state index in [9.17, 15) is 4.39 Å². The van der Waals surface area contributed by atoms with Gasteiger partial charge in [0.1, 0.15) is 11.6 Å². The van der Waals surface area contributed by atoms with Gasteiger partial charge in [-0.2, -0.15) is 0 Å². The standard InChI is InChI=1S/C16H19BrFN3/c1-3-21(4-2)16-8-6-13(11-20-16)19-10-12-5-7-15(18)14(17)9-12/h5-9,11,19H,3-4,10H2,1-2H3. The second-order valence-corrected chi connectivity index (χ2v) is 5.53. The summed E-state index contributed by atoms with van der Waals surface area (Å²) in [6.07, 6.45) is 1.83. The predicted octanol–water partition coefficient (Wildman–Crippen LogP) is 4.44. The van der Waals surface area contributed by atoms with Crippen LogP contribution >= 0.6 is 15.9 Å². The minimum absolute atomic E-state index is 0.246. The molecule has 1 aromatic carbocycles. The van der Waals surface area contributed by atoms with Gasteiger partial charge in [-0.1, -0.05) is 6.07 Å². The van der Waals surface area contributed by atoms with Gasteiger partial charge in [0.05, 0.1) is 16.4 Å². The molecule has 0 spiro atoms. The zero-order valence-electron chi connectivity index (χ0n) is 12.2. The van der Waals surface area contributed by atoms with Crippen LogP contribution in [0.4, 0.5) is 15.9 Å². The Morgan fingerprint density at radius 2 is 1.95 bits per heavy atom. The van der Waals surface area contributed by atoms with Crippen molar-refractivity contribution < 1.29 is 4.39 Å². The predicted molar refractivity (Wildman–Crippen MR) is 89.2 cm³/mol. The number of halogens is 2. The van der Waals surface area contributed by atoms with Crippen LogP contribution in [0.5, 0.6) is 0 Å². The molecule has 1 N–H and O–H groups in total. The first-order valence-corrected chi connectivity index (χ1v) is 7.82. The molecule has 0 saturated carbocycles. The molecule has 0 radical (unpaired) electrons. The highest BCUT2D eigenvalue weighted by molar-refractivity contribution is 9.10. The summed E-state index contributed by atoms with van der Waals surface area (Å²) in [5, 5.41) is 3.29. The molecule has 112 valence electrons. The fraction of sp³-hybridized carbons (Fsp3) is 0.312. The molecular weight excluding hydrogens is 333 g/mol. The van der Waals surface area contributed by atoms with Crippen LogP contribution in [0.2, 0.25) is 0 Å². The lowest BCUT2D eigenvalue weighted by Crippen LogP contribution is -2.22. The third-order valence-corrected chi connectivity index (χ3v) is 3.92. The molecule has 5 heteroatoms. The molecule has 0 bridgehead atoms. The smallest absolute Gasteiger partial charge is 0.137 e. The Morgan fingerprint density at radius 3 is 2.52 bits per heavy atom. The molecule has 21 heavy (non-hydrogen) atoms. The van der Waals surface area contributed by atoms with Gasteiger partial charge in [-0.05, 0) is 59.6 Å². The van der Waals surface area contributed by atoms with Crippen molar-refractivity contribution in [2.75, 3.05) is 23.3 Å². The van der Waals surface area contributed by atoms with Crippen molar-refractivity contribution in [3.63, 3.8) is 0 Å². The van der Waals surface area contributed by atoms with Crippen LogP contribution < -0.4 is 10.2 Å². The minimum Gasteiger partial charge on any atom is -0.380 e.